The molecule has 0 saturated heterocycles. The van der Waals surface area contributed by atoms with Crippen LogP contribution in [0.25, 0.3) is 0 Å². The van der Waals surface area contributed by atoms with Crippen LogP contribution in [0.4, 0.5) is 5.69 Å². The molecule has 0 aliphatic carbocycles. The van der Waals surface area contributed by atoms with Gasteiger partial charge in [-0.2, -0.15) is 0 Å². The lowest BCUT2D eigenvalue weighted by molar-refractivity contribution is -0.121. The van der Waals surface area contributed by atoms with Gasteiger partial charge >= 0.3 is 0 Å². The number of hydrogen-bond donors (Lipinski definition) is 2. The minimum absolute atomic E-state index is 0.0389. The van der Waals surface area contributed by atoms with E-state index in [1.54, 1.807) is 25.1 Å². The van der Waals surface area contributed by atoms with Crippen molar-refractivity contribution in [2.75, 3.05) is 11.9 Å². The van der Waals surface area contributed by atoms with E-state index in [2.05, 4.69) is 10.6 Å². The second-order valence-corrected chi connectivity index (χ2v) is 4.69. The van der Waals surface area contributed by atoms with Crippen LogP contribution in [-0.2, 0) is 4.79 Å². The van der Waals surface area contributed by atoms with Crippen molar-refractivity contribution in [2.45, 2.75) is 26.3 Å². The smallest absolute Gasteiger partial charge is 0.242 e. The topological polar surface area (TPSA) is 41.1 Å². The van der Waals surface area contributed by atoms with Gasteiger partial charge in [0.2, 0.25) is 5.91 Å². The molecule has 5 heteroatoms. The lowest BCUT2D eigenvalue weighted by Gasteiger charge is -2.15. The van der Waals surface area contributed by atoms with Crippen molar-refractivity contribution < 1.29 is 4.79 Å². The number of hydrogen-bond acceptors (Lipinski definition) is 2. The Labute approximate surface area is 111 Å². The number of carbonyl (C=O) groups is 1. The maximum Gasteiger partial charge on any atom is 0.242 e. The molecule has 2 N–H and O–H groups in total. The van der Waals surface area contributed by atoms with E-state index >= 15 is 0 Å². The van der Waals surface area contributed by atoms with E-state index in [-0.39, 0.29) is 11.9 Å². The average Bonchev–Trinajstić information content (AvgIpc) is 2.24. The van der Waals surface area contributed by atoms with Crippen LogP contribution < -0.4 is 10.6 Å². The summed E-state index contributed by atoms with van der Waals surface area (Å²) in [5, 5.41) is 6.95. The summed E-state index contributed by atoms with van der Waals surface area (Å²) < 4.78 is 0. The fourth-order valence-corrected chi connectivity index (χ4v) is 1.88. The Balaban J connectivity index is 2.60. The summed E-state index contributed by atoms with van der Waals surface area (Å²) >= 11 is 11.7. The van der Waals surface area contributed by atoms with E-state index < -0.39 is 0 Å². The molecule has 0 radical (unpaired) electrons. The maximum absolute atomic E-state index is 11.6. The molecule has 0 spiro atoms. The number of amides is 1. The van der Waals surface area contributed by atoms with Gasteiger partial charge in [0.25, 0.3) is 0 Å². The zero-order chi connectivity index (χ0) is 12.8. The van der Waals surface area contributed by atoms with E-state index in [9.17, 15) is 4.79 Å². The molecule has 0 aliphatic heterocycles. The van der Waals surface area contributed by atoms with Crippen LogP contribution in [0.1, 0.15) is 20.3 Å². The summed E-state index contributed by atoms with van der Waals surface area (Å²) in [6.45, 7) is 4.48. The Kier molecular flexibility index (Phi) is 5.59. The molecule has 1 rings (SSSR count). The second kappa shape index (κ2) is 6.72. The maximum atomic E-state index is 11.6. The molecule has 1 aromatic carbocycles. The fraction of sp³-hybridized carbons (Fsp3) is 0.417. The highest BCUT2D eigenvalue weighted by Crippen LogP contribution is 2.22. The predicted octanol–water partition coefficient (Wildman–Crippen LogP) is 3.32. The molecule has 94 valence electrons. The van der Waals surface area contributed by atoms with Gasteiger partial charge in [-0.3, -0.25) is 4.79 Å². The van der Waals surface area contributed by atoms with Crippen LogP contribution in [0, 0.1) is 0 Å². The molecular formula is C12H16Cl2N2O. The number of carbonyl (C=O) groups excluding carboxylic acids is 1. The summed E-state index contributed by atoms with van der Waals surface area (Å²) in [5.41, 5.74) is 0.738. The third-order valence-electron chi connectivity index (χ3n) is 2.19. The SMILES string of the molecule is CCCNC(=O)C(C)Nc1cc(Cl)cc(Cl)c1. The van der Waals surface area contributed by atoms with Gasteiger partial charge in [0.05, 0.1) is 0 Å². The van der Waals surface area contributed by atoms with Crippen molar-refractivity contribution in [2.24, 2.45) is 0 Å². The Hall–Kier alpha value is -0.930. The van der Waals surface area contributed by atoms with E-state index in [0.717, 1.165) is 12.1 Å². The highest BCUT2D eigenvalue weighted by molar-refractivity contribution is 6.35. The molecule has 17 heavy (non-hydrogen) atoms. The van der Waals surface area contributed by atoms with Gasteiger partial charge in [0.1, 0.15) is 6.04 Å². The molecule has 0 saturated carbocycles. The third kappa shape index (κ3) is 4.84. The molecule has 0 bridgehead atoms. The van der Waals surface area contributed by atoms with Crippen molar-refractivity contribution in [3.8, 4) is 0 Å². The van der Waals surface area contributed by atoms with Gasteiger partial charge in [-0.15, -0.1) is 0 Å². The molecule has 1 amide bonds. The van der Waals surface area contributed by atoms with E-state index in [1.165, 1.54) is 0 Å². The minimum Gasteiger partial charge on any atom is -0.374 e. The zero-order valence-electron chi connectivity index (χ0n) is 9.89. The molecule has 1 atom stereocenters. The third-order valence-corrected chi connectivity index (χ3v) is 2.62. The van der Waals surface area contributed by atoms with Gasteiger partial charge in [0, 0.05) is 22.3 Å². The van der Waals surface area contributed by atoms with Gasteiger partial charge in [-0.1, -0.05) is 30.1 Å². The first kappa shape index (κ1) is 14.1. The molecule has 0 fully saturated rings. The normalized spacial score (nSPS) is 12.0. The van der Waals surface area contributed by atoms with Crippen LogP contribution in [0.3, 0.4) is 0 Å². The summed E-state index contributed by atoms with van der Waals surface area (Å²) in [7, 11) is 0. The summed E-state index contributed by atoms with van der Waals surface area (Å²) in [5.74, 6) is -0.0389. The number of benzene rings is 1. The van der Waals surface area contributed by atoms with Crippen molar-refractivity contribution >= 4 is 34.8 Å². The van der Waals surface area contributed by atoms with Gasteiger partial charge in [0.15, 0.2) is 0 Å². The quantitative estimate of drug-likeness (QED) is 0.865. The highest BCUT2D eigenvalue weighted by atomic mass is 35.5. The molecule has 1 aromatic rings. The van der Waals surface area contributed by atoms with Crippen LogP contribution in [0.5, 0.6) is 0 Å². The van der Waals surface area contributed by atoms with Gasteiger partial charge in [-0.05, 0) is 31.5 Å². The second-order valence-electron chi connectivity index (χ2n) is 3.82. The van der Waals surface area contributed by atoms with Gasteiger partial charge < -0.3 is 10.6 Å². The first-order chi connectivity index (χ1) is 8.02. The number of nitrogens with one attached hydrogen (secondary N) is 2. The van der Waals surface area contributed by atoms with E-state index in [0.29, 0.717) is 16.6 Å². The van der Waals surface area contributed by atoms with Gasteiger partial charge in [-0.25, -0.2) is 0 Å². The predicted molar refractivity (Wildman–Crippen MR) is 72.8 cm³/mol. The number of anilines is 1. The fourth-order valence-electron chi connectivity index (χ4n) is 1.35. The number of halogens is 2. The Morgan fingerprint density at radius 2 is 1.88 bits per heavy atom. The summed E-state index contributed by atoms with van der Waals surface area (Å²) in [4.78, 5) is 11.6. The average molecular weight is 275 g/mol. The largest absolute Gasteiger partial charge is 0.374 e. The Bertz CT molecular complexity index is 376. The molecule has 0 heterocycles. The molecule has 3 nitrogen and oxygen atoms in total. The first-order valence-corrected chi connectivity index (χ1v) is 6.29. The zero-order valence-corrected chi connectivity index (χ0v) is 11.4. The van der Waals surface area contributed by atoms with Crippen molar-refractivity contribution in [1.29, 1.82) is 0 Å². The van der Waals surface area contributed by atoms with Crippen molar-refractivity contribution in [1.82, 2.24) is 5.32 Å². The van der Waals surface area contributed by atoms with Crippen LogP contribution in [0.2, 0.25) is 10.0 Å². The molecular weight excluding hydrogens is 259 g/mol. The standard InChI is InChI=1S/C12H16Cl2N2O/c1-3-4-15-12(17)8(2)16-11-6-9(13)5-10(14)7-11/h5-8,16H,3-4H2,1-2H3,(H,15,17). The number of rotatable bonds is 5. The lowest BCUT2D eigenvalue weighted by Crippen LogP contribution is -2.37. The first-order valence-electron chi connectivity index (χ1n) is 5.53. The van der Waals surface area contributed by atoms with Crippen LogP contribution >= 0.6 is 23.2 Å². The molecule has 0 aromatic heterocycles. The summed E-state index contributed by atoms with van der Waals surface area (Å²) in [6.07, 6.45) is 0.918. The Morgan fingerprint density at radius 1 is 1.29 bits per heavy atom. The minimum atomic E-state index is -0.323. The Morgan fingerprint density at radius 3 is 2.41 bits per heavy atom. The van der Waals surface area contributed by atoms with Crippen molar-refractivity contribution in [3.63, 3.8) is 0 Å². The van der Waals surface area contributed by atoms with Crippen LogP contribution in [0.15, 0.2) is 18.2 Å². The monoisotopic (exact) mass is 274 g/mol. The summed E-state index contributed by atoms with van der Waals surface area (Å²) in [6, 6.07) is 4.79. The van der Waals surface area contributed by atoms with E-state index in [4.69, 9.17) is 23.2 Å². The molecule has 0 aliphatic rings. The highest BCUT2D eigenvalue weighted by Gasteiger charge is 2.11. The van der Waals surface area contributed by atoms with Crippen molar-refractivity contribution in [3.05, 3.63) is 28.2 Å². The van der Waals surface area contributed by atoms with Crippen LogP contribution in [-0.4, -0.2) is 18.5 Å². The lowest BCUT2D eigenvalue weighted by atomic mass is 10.2. The van der Waals surface area contributed by atoms with E-state index in [1.807, 2.05) is 6.92 Å². The molecule has 1 unspecified atom stereocenters.